The number of aromatic carboxylic acids is 1. The number of carboxylic acids is 1. The minimum atomic E-state index is -1.18. The number of pyridine rings is 6. The first-order valence-electron chi connectivity index (χ1n) is 39.8. The van der Waals surface area contributed by atoms with Gasteiger partial charge in [0.2, 0.25) is 35.4 Å². The molecular weight excluding hydrogens is 1790 g/mol. The van der Waals surface area contributed by atoms with Gasteiger partial charge in [0, 0.05) is 122 Å². The maximum absolute atomic E-state index is 11.3. The molecule has 0 fully saturated rings. The van der Waals surface area contributed by atoms with E-state index in [1.807, 2.05) is 45.9 Å². The quantitative estimate of drug-likeness (QED) is 0.0114. The first-order chi connectivity index (χ1) is 61.5. The van der Waals surface area contributed by atoms with E-state index in [2.05, 4.69) is 192 Å². The Bertz CT molecular complexity index is 5600. The maximum Gasteiger partial charge on any atom is 0.341 e. The summed E-state index contributed by atoms with van der Waals surface area (Å²) in [7, 11) is 5.99. The smallest absolute Gasteiger partial charge is 0.341 e. The summed E-state index contributed by atoms with van der Waals surface area (Å²) in [6, 6.07) is 10.0. The zero-order valence-corrected chi connectivity index (χ0v) is 77.6. The van der Waals surface area contributed by atoms with E-state index in [0.29, 0.717) is 116 Å². The lowest BCUT2D eigenvalue weighted by Crippen LogP contribution is -2.13. The maximum atomic E-state index is 11.3. The summed E-state index contributed by atoms with van der Waals surface area (Å²) in [5, 5.41) is 15.5. The van der Waals surface area contributed by atoms with Crippen molar-refractivity contribution in [2.45, 2.75) is 121 Å². The number of anilines is 8. The number of carbonyl (C=O) groups is 2. The Kier molecular flexibility index (Phi) is 39.5. The van der Waals surface area contributed by atoms with E-state index >= 15 is 0 Å². The molecule has 12 aromatic rings. The summed E-state index contributed by atoms with van der Waals surface area (Å²) >= 11 is 6.75. The molecule has 0 aliphatic heterocycles. The van der Waals surface area contributed by atoms with Gasteiger partial charge in [-0.2, -0.15) is 9.97 Å². The molecule has 0 radical (unpaired) electrons. The van der Waals surface area contributed by atoms with Crippen molar-refractivity contribution in [1.29, 1.82) is 0 Å². The van der Waals surface area contributed by atoms with Gasteiger partial charge in [-0.3, -0.25) is 4.79 Å². The van der Waals surface area contributed by atoms with E-state index in [4.69, 9.17) is 92.6 Å². The van der Waals surface area contributed by atoms with Crippen LogP contribution in [-0.4, -0.2) is 161 Å². The third-order valence-electron chi connectivity index (χ3n) is 16.9. The standard InChI is InChI=1S/C17H24BrN5O2.C16H18N4O2.C15H20BrN5O.C15H18N4O.C12H13N5O3.C12H12N4O4/c1-4-6-24-7-5-20-16-14(10-22-17(19)23-16)25-13-8-15(18)21-9-12(13)11(2)3;1-10(2)5-6-12-8-19-15(21-4)7-13(12)22-14-9-18-11(3)20-16(14)17;1-4-5-18-14-12(8-20-15(17)21-14)22-11-6-13(16)19-7-10(11)9(2)3;1-9(2)13-8-18-14(20-4)6-11(13)5-12-7-17-10(3)19-15(12)16;1-6-15-5-9(11(13)17-6)20-8-3-10(19-2)16-4-7(8)12(14)18;1-6-14-5-9(11(13)16-6)20-8-3-10(19-2)15-4-7(8)12(17)18/h8-11H,4-7H2,1-3H3,(H3,19,20,22,23);7-10H,1-4H3,(H2,17,18,20);6-9H,4-5H2,1-3H3,(H3,17,18,20,21);6-8H,1,5H2,2-4H3,(H2,16,17,19);3-5H,1-2H3,(H2,14,18)(H2,13,15,17);3-5H,1-2H3,(H,17,18)(H2,13,14,16). The number of primary amides is 1. The molecular formula is C87H105Br2N27O13. The van der Waals surface area contributed by atoms with Crippen LogP contribution in [0.4, 0.5) is 46.8 Å². The fourth-order valence-corrected chi connectivity index (χ4v) is 11.2. The van der Waals surface area contributed by atoms with Gasteiger partial charge in [0.15, 0.2) is 57.8 Å². The molecule has 1 amide bonds. The van der Waals surface area contributed by atoms with Gasteiger partial charge in [-0.05, 0) is 108 Å². The molecule has 0 bridgehead atoms. The predicted octanol–water partition coefficient (Wildman–Crippen LogP) is 14.8. The lowest BCUT2D eigenvalue weighted by atomic mass is 9.99. The lowest BCUT2D eigenvalue weighted by molar-refractivity contribution is 0.0693. The summed E-state index contributed by atoms with van der Waals surface area (Å²) < 4.78 is 55.9. The lowest BCUT2D eigenvalue weighted by Gasteiger charge is -2.16. The predicted molar refractivity (Wildman–Crippen MR) is 496 cm³/mol. The van der Waals surface area contributed by atoms with Crippen LogP contribution in [0.25, 0.3) is 5.57 Å². The van der Waals surface area contributed by atoms with Crippen LogP contribution in [0.15, 0.2) is 127 Å². The van der Waals surface area contributed by atoms with Crippen molar-refractivity contribution >= 4 is 96.1 Å². The molecule has 0 aromatic carbocycles. The van der Waals surface area contributed by atoms with Gasteiger partial charge < -0.3 is 103 Å². The highest BCUT2D eigenvalue weighted by atomic mass is 79.9. The Balaban J connectivity index is 0.000000212. The van der Waals surface area contributed by atoms with Crippen LogP contribution < -0.4 is 93.4 Å². The van der Waals surface area contributed by atoms with Crippen molar-refractivity contribution in [3.8, 4) is 92.9 Å². The Morgan fingerprint density at radius 1 is 0.434 bits per heavy atom. The van der Waals surface area contributed by atoms with Gasteiger partial charge in [-0.15, -0.1) is 0 Å². The van der Waals surface area contributed by atoms with Gasteiger partial charge in [0.25, 0.3) is 5.91 Å². The fourth-order valence-electron chi connectivity index (χ4n) is 10.5. The molecule has 42 heteroatoms. The number of nitrogens with one attached hydrogen (secondary N) is 2. The number of aryl methyl sites for hydroxylation is 4. The SMILES string of the molecule is C=C(C)c1cnc(OC)cc1Cc1cnc(C)nc1N.CCCNc1nc(N)ncc1Oc1cc(Br)ncc1C(C)C.CCCOCCNc1nc(N)ncc1Oc1cc(Br)ncc1C(C)C.COc1cc(Oc2cnc(C)nc2N)c(C#CC(C)C)cn1.COc1cc(Oc2cnc(C)nc2N)c(C(=O)O)cn1.COc1cc(Oc2cnc(C)nc2N)c(C(N)=O)cn1. The van der Waals surface area contributed by atoms with E-state index in [9.17, 15) is 9.59 Å². The minimum Gasteiger partial charge on any atom is -0.481 e. The average Bonchev–Trinajstić information content (AvgIpc) is 0.848. The van der Waals surface area contributed by atoms with E-state index in [0.717, 1.165) is 71.3 Å². The zero-order chi connectivity index (χ0) is 94.6. The molecule has 129 heavy (non-hydrogen) atoms. The number of aromatic nitrogens is 18. The molecule has 0 spiro atoms. The molecule has 0 saturated carbocycles. The van der Waals surface area contributed by atoms with Crippen LogP contribution in [0.1, 0.15) is 164 Å². The van der Waals surface area contributed by atoms with Crippen molar-refractivity contribution in [2.24, 2.45) is 11.7 Å². The highest BCUT2D eigenvalue weighted by Gasteiger charge is 2.22. The molecule has 17 N–H and O–H groups in total. The number of ether oxygens (including phenoxy) is 10. The highest BCUT2D eigenvalue weighted by Crippen LogP contribution is 2.39. The molecule has 12 heterocycles. The second-order valence-corrected chi connectivity index (χ2v) is 29.8. The van der Waals surface area contributed by atoms with Gasteiger partial charge in [0.05, 0.1) is 77.8 Å². The second-order valence-electron chi connectivity index (χ2n) is 28.2. The molecule has 0 atom stereocenters. The molecule has 12 rings (SSSR count). The number of nitrogens with two attached hydrogens (primary N) is 7. The van der Waals surface area contributed by atoms with Crippen LogP contribution in [0.2, 0.25) is 0 Å². The van der Waals surface area contributed by atoms with Crippen LogP contribution in [0, 0.1) is 45.5 Å². The molecule has 40 nitrogen and oxygen atoms in total. The fraction of sp³-hybridized carbons (Fsp3) is 0.310. The number of carbonyl (C=O) groups excluding carboxylic acids is 1. The largest absolute Gasteiger partial charge is 0.481 e. The summed E-state index contributed by atoms with van der Waals surface area (Å²) in [6.45, 7) is 32.1. The van der Waals surface area contributed by atoms with E-state index < -0.39 is 11.9 Å². The number of carboxylic acid groups (broad SMARTS) is 1. The van der Waals surface area contributed by atoms with Crippen LogP contribution in [-0.2, 0) is 11.2 Å². The Morgan fingerprint density at radius 3 is 1.24 bits per heavy atom. The van der Waals surface area contributed by atoms with E-state index in [-0.39, 0.29) is 93.0 Å². The normalized spacial score (nSPS) is 10.4. The summed E-state index contributed by atoms with van der Waals surface area (Å²) in [4.78, 5) is 95.9. The van der Waals surface area contributed by atoms with Crippen molar-refractivity contribution < 1.29 is 62.1 Å². The average molecular weight is 1900 g/mol. The van der Waals surface area contributed by atoms with Crippen molar-refractivity contribution in [1.82, 2.24) is 89.7 Å². The van der Waals surface area contributed by atoms with E-state index in [1.165, 1.54) is 58.2 Å². The second kappa shape index (κ2) is 50.3. The van der Waals surface area contributed by atoms with Crippen molar-refractivity contribution in [3.05, 3.63) is 194 Å². The Morgan fingerprint density at radius 2 is 0.829 bits per heavy atom. The summed E-state index contributed by atoms with van der Waals surface area (Å²) in [5.74, 6) is 15.3. The third-order valence-corrected chi connectivity index (χ3v) is 17.8. The number of nitrogens with zero attached hydrogens (tertiary/aromatic N) is 18. The van der Waals surface area contributed by atoms with Gasteiger partial charge in [0.1, 0.15) is 78.2 Å². The monoisotopic (exact) mass is 1890 g/mol. The number of halogens is 2. The number of allylic oxidation sites excluding steroid dienone is 1. The van der Waals surface area contributed by atoms with Crippen molar-refractivity contribution in [2.75, 3.05) is 99.8 Å². The molecule has 0 unspecified atom stereocenters. The number of nitrogen functional groups attached to an aromatic ring is 6. The number of rotatable bonds is 30. The van der Waals surface area contributed by atoms with Crippen molar-refractivity contribution in [3.63, 3.8) is 0 Å². The van der Waals surface area contributed by atoms with E-state index in [1.54, 1.807) is 77.3 Å². The molecule has 0 aliphatic rings. The zero-order valence-electron chi connectivity index (χ0n) is 74.5. The van der Waals surface area contributed by atoms with Crippen LogP contribution in [0.5, 0.6) is 81.0 Å². The minimum absolute atomic E-state index is 0.0449. The molecule has 0 aliphatic carbocycles. The Hall–Kier alpha value is -14.9. The molecule has 12 aromatic heterocycles. The Labute approximate surface area is 763 Å². The number of methoxy groups -OCH3 is 4. The number of amides is 1. The summed E-state index contributed by atoms with van der Waals surface area (Å²) in [6.07, 6.45) is 21.2. The third kappa shape index (κ3) is 32.0. The van der Waals surface area contributed by atoms with Crippen LogP contribution in [0.3, 0.4) is 0 Å². The summed E-state index contributed by atoms with van der Waals surface area (Å²) in [5.41, 5.74) is 46.4. The number of hydrogen-bond donors (Lipinski definition) is 10. The topological polar surface area (TPSA) is 585 Å². The van der Waals surface area contributed by atoms with Crippen LogP contribution >= 0.6 is 31.9 Å². The first kappa shape index (κ1) is 101. The molecule has 680 valence electrons. The molecule has 0 saturated heterocycles. The first-order valence-corrected chi connectivity index (χ1v) is 41.3. The number of hydrogen-bond acceptors (Lipinski definition) is 38. The van der Waals surface area contributed by atoms with Gasteiger partial charge >= 0.3 is 5.97 Å². The van der Waals surface area contributed by atoms with Gasteiger partial charge in [-0.1, -0.05) is 73.8 Å². The highest BCUT2D eigenvalue weighted by molar-refractivity contribution is 9.10. The van der Waals surface area contributed by atoms with Gasteiger partial charge in [-0.25, -0.2) is 84.5 Å².